The lowest BCUT2D eigenvalue weighted by Crippen LogP contribution is -2.48. The maximum atomic E-state index is 12.0. The fraction of sp³-hybridized carbons (Fsp3) is 0.350. The first-order valence-electron chi connectivity index (χ1n) is 8.82. The van der Waals surface area contributed by atoms with E-state index >= 15 is 0 Å². The summed E-state index contributed by atoms with van der Waals surface area (Å²) in [5.41, 5.74) is 3.70. The number of carbonyl (C=O) groups is 1. The zero-order valence-electron chi connectivity index (χ0n) is 14.5. The van der Waals surface area contributed by atoms with Crippen molar-refractivity contribution in [1.29, 1.82) is 0 Å². The highest BCUT2D eigenvalue weighted by atomic mass is 31.0. The molecule has 1 aromatic heterocycles. The first-order valence-corrected chi connectivity index (χ1v) is 9.39. The van der Waals surface area contributed by atoms with Gasteiger partial charge >= 0.3 is 0 Å². The number of H-pyrrole nitrogens is 1. The lowest BCUT2D eigenvalue weighted by Gasteiger charge is -2.37. The second-order valence-electron chi connectivity index (χ2n) is 7.06. The Balaban J connectivity index is 1.52. The van der Waals surface area contributed by atoms with E-state index < -0.39 is 0 Å². The minimum atomic E-state index is -0.300. The molecule has 0 spiro atoms. The van der Waals surface area contributed by atoms with Crippen LogP contribution in [0.15, 0.2) is 42.5 Å². The standard InChI is InChI=1S/C20H24N3OP/c1-21-19(24)20(25)8-10-23(11-9-20)13-14-6-7-18-16(12-14)15-4-2-3-5-17(15)22-18/h2-7,12,22H,8-11,13,25H2,1H3,(H,21,24). The average Bonchev–Trinajstić information content (AvgIpc) is 3.01. The Kier molecular flexibility index (Phi) is 4.26. The summed E-state index contributed by atoms with van der Waals surface area (Å²) in [4.78, 5) is 18.0. The highest BCUT2D eigenvalue weighted by Gasteiger charge is 2.36. The molecule has 0 aliphatic carbocycles. The van der Waals surface area contributed by atoms with Crippen LogP contribution in [0.4, 0.5) is 0 Å². The predicted octanol–water partition coefficient (Wildman–Crippen LogP) is 3.28. The summed E-state index contributed by atoms with van der Waals surface area (Å²) in [6.45, 7) is 2.83. The molecule has 1 unspecified atom stereocenters. The van der Waals surface area contributed by atoms with Gasteiger partial charge < -0.3 is 10.3 Å². The van der Waals surface area contributed by atoms with Gasteiger partial charge in [-0.1, -0.05) is 24.3 Å². The number of aromatic nitrogens is 1. The van der Waals surface area contributed by atoms with Crippen molar-refractivity contribution >= 4 is 37.0 Å². The Morgan fingerprint density at radius 1 is 1.16 bits per heavy atom. The largest absolute Gasteiger partial charge is 0.358 e. The molecule has 1 amide bonds. The number of rotatable bonds is 3. The first-order chi connectivity index (χ1) is 12.1. The Labute approximate surface area is 150 Å². The van der Waals surface area contributed by atoms with Crippen LogP contribution in [-0.4, -0.2) is 41.1 Å². The Morgan fingerprint density at radius 3 is 2.64 bits per heavy atom. The number of aromatic amines is 1. The third-order valence-corrected chi connectivity index (χ3v) is 6.24. The fourth-order valence-corrected chi connectivity index (χ4v) is 4.24. The van der Waals surface area contributed by atoms with Gasteiger partial charge in [0.25, 0.3) is 0 Å². The molecule has 1 saturated heterocycles. The van der Waals surface area contributed by atoms with Crippen molar-refractivity contribution in [3.63, 3.8) is 0 Å². The van der Waals surface area contributed by atoms with Gasteiger partial charge in [0.15, 0.2) is 0 Å². The summed E-state index contributed by atoms with van der Waals surface area (Å²) in [7, 11) is 4.50. The number of hydrogen-bond donors (Lipinski definition) is 2. The molecule has 0 saturated carbocycles. The maximum Gasteiger partial charge on any atom is 0.229 e. The predicted molar refractivity (Wildman–Crippen MR) is 107 cm³/mol. The molecule has 1 aliphatic heterocycles. The van der Waals surface area contributed by atoms with Gasteiger partial charge in [0.05, 0.1) is 5.16 Å². The van der Waals surface area contributed by atoms with Crippen molar-refractivity contribution < 1.29 is 4.79 Å². The van der Waals surface area contributed by atoms with Crippen molar-refractivity contribution in [2.75, 3.05) is 20.1 Å². The van der Waals surface area contributed by atoms with E-state index in [9.17, 15) is 4.79 Å². The Hall–Kier alpha value is -1.90. The van der Waals surface area contributed by atoms with E-state index in [2.05, 4.69) is 66.9 Å². The fourth-order valence-electron chi connectivity index (χ4n) is 3.84. The molecule has 4 rings (SSSR count). The number of amides is 1. The maximum absolute atomic E-state index is 12.0. The van der Waals surface area contributed by atoms with Gasteiger partial charge in [-0.05, 0) is 49.7 Å². The van der Waals surface area contributed by atoms with Crippen LogP contribution in [0.5, 0.6) is 0 Å². The molecule has 25 heavy (non-hydrogen) atoms. The summed E-state index contributed by atoms with van der Waals surface area (Å²) in [6, 6.07) is 15.1. The van der Waals surface area contributed by atoms with Crippen molar-refractivity contribution in [3.05, 3.63) is 48.0 Å². The average molecular weight is 353 g/mol. The third-order valence-electron chi connectivity index (χ3n) is 5.40. The Bertz CT molecular complexity index is 925. The first kappa shape index (κ1) is 16.6. The van der Waals surface area contributed by atoms with Crippen LogP contribution in [0.25, 0.3) is 21.8 Å². The van der Waals surface area contributed by atoms with Gasteiger partial charge in [-0.15, -0.1) is 9.24 Å². The smallest absolute Gasteiger partial charge is 0.229 e. The number of nitrogens with zero attached hydrogens (tertiary/aromatic N) is 1. The molecule has 3 aromatic rings. The van der Waals surface area contributed by atoms with Gasteiger partial charge in [0.1, 0.15) is 0 Å². The third kappa shape index (κ3) is 3.05. The zero-order chi connectivity index (χ0) is 17.4. The summed E-state index contributed by atoms with van der Waals surface area (Å²) >= 11 is 0. The van der Waals surface area contributed by atoms with E-state index in [0.717, 1.165) is 32.5 Å². The van der Waals surface area contributed by atoms with E-state index in [1.165, 1.54) is 27.4 Å². The number of piperidine rings is 1. The molecule has 4 nitrogen and oxygen atoms in total. The van der Waals surface area contributed by atoms with E-state index in [-0.39, 0.29) is 11.1 Å². The summed E-state index contributed by atoms with van der Waals surface area (Å²) in [5.74, 6) is 0.136. The number of likely N-dealkylation sites (tertiary alicyclic amines) is 1. The quantitative estimate of drug-likeness (QED) is 0.710. The molecule has 0 bridgehead atoms. The molecule has 1 atom stereocenters. The Morgan fingerprint density at radius 2 is 1.88 bits per heavy atom. The summed E-state index contributed by atoms with van der Waals surface area (Å²) in [5, 5.41) is 5.06. The summed E-state index contributed by atoms with van der Waals surface area (Å²) < 4.78 is 0. The topological polar surface area (TPSA) is 48.1 Å². The molecule has 1 aliphatic rings. The van der Waals surface area contributed by atoms with E-state index in [1.807, 2.05) is 0 Å². The molecule has 0 radical (unpaired) electrons. The van der Waals surface area contributed by atoms with Crippen LogP contribution >= 0.6 is 9.24 Å². The van der Waals surface area contributed by atoms with Gasteiger partial charge in [-0.3, -0.25) is 9.69 Å². The minimum Gasteiger partial charge on any atom is -0.358 e. The van der Waals surface area contributed by atoms with Crippen LogP contribution in [-0.2, 0) is 11.3 Å². The van der Waals surface area contributed by atoms with Crippen molar-refractivity contribution in [1.82, 2.24) is 15.2 Å². The van der Waals surface area contributed by atoms with Crippen molar-refractivity contribution in [2.24, 2.45) is 0 Å². The number of benzene rings is 2. The molecular weight excluding hydrogens is 329 g/mol. The zero-order valence-corrected chi connectivity index (χ0v) is 15.7. The van der Waals surface area contributed by atoms with E-state index in [1.54, 1.807) is 7.05 Å². The second kappa shape index (κ2) is 6.44. The second-order valence-corrected chi connectivity index (χ2v) is 8.17. The normalized spacial score (nSPS) is 17.8. The SMILES string of the molecule is CNC(=O)C1(P)CCN(Cc2ccc3[nH]c4ccccc4c3c2)CC1. The number of fused-ring (bicyclic) bond motifs is 3. The van der Waals surface area contributed by atoms with Crippen LogP contribution in [0, 0.1) is 0 Å². The molecule has 2 heterocycles. The van der Waals surface area contributed by atoms with Gasteiger partial charge in [0, 0.05) is 35.4 Å². The molecular formula is C20H24N3OP. The van der Waals surface area contributed by atoms with Crippen LogP contribution < -0.4 is 5.32 Å². The van der Waals surface area contributed by atoms with Crippen LogP contribution in [0.1, 0.15) is 18.4 Å². The minimum absolute atomic E-state index is 0.136. The highest BCUT2D eigenvalue weighted by molar-refractivity contribution is 7.21. The van der Waals surface area contributed by atoms with Gasteiger partial charge in [-0.2, -0.15) is 0 Å². The van der Waals surface area contributed by atoms with Gasteiger partial charge in [-0.25, -0.2) is 0 Å². The molecule has 2 N–H and O–H groups in total. The number of hydrogen-bond acceptors (Lipinski definition) is 2. The van der Waals surface area contributed by atoms with Crippen LogP contribution in [0.3, 0.4) is 0 Å². The molecule has 2 aromatic carbocycles. The lowest BCUT2D eigenvalue weighted by atomic mass is 9.94. The lowest BCUT2D eigenvalue weighted by molar-refractivity contribution is -0.124. The highest BCUT2D eigenvalue weighted by Crippen LogP contribution is 2.33. The van der Waals surface area contributed by atoms with Gasteiger partial charge in [0.2, 0.25) is 5.91 Å². The number of carbonyl (C=O) groups excluding carboxylic acids is 1. The monoisotopic (exact) mass is 353 g/mol. The molecule has 1 fully saturated rings. The van der Waals surface area contributed by atoms with Crippen LogP contribution in [0.2, 0.25) is 0 Å². The number of para-hydroxylation sites is 1. The molecule has 130 valence electrons. The van der Waals surface area contributed by atoms with E-state index in [4.69, 9.17) is 0 Å². The van der Waals surface area contributed by atoms with E-state index in [0.29, 0.717) is 0 Å². The van der Waals surface area contributed by atoms with Crippen molar-refractivity contribution in [3.8, 4) is 0 Å². The summed E-state index contributed by atoms with van der Waals surface area (Å²) in [6.07, 6.45) is 1.76. The number of nitrogens with one attached hydrogen (secondary N) is 2. The molecule has 5 heteroatoms. The van der Waals surface area contributed by atoms with Crippen molar-refractivity contribution in [2.45, 2.75) is 24.5 Å².